The number of fused-ring (bicyclic) bond motifs is 2. The highest BCUT2D eigenvalue weighted by Crippen LogP contribution is 2.64. The van der Waals surface area contributed by atoms with Crippen molar-refractivity contribution in [2.75, 3.05) is 0 Å². The molecule has 2 rings (SSSR count). The van der Waals surface area contributed by atoms with E-state index in [9.17, 15) is 0 Å². The standard InChI is InChI=1S/C15H44Si8/c1-16(2,3)23-18(6,7)15-17(4,5)22(14,21(23,12)13)19(8,9)20(23,10)11/h15H2,1-14H3/t22-,23+/m1/s1. The summed E-state index contributed by atoms with van der Waals surface area (Å²) in [5.41, 5.74) is 1.85. The number of hydrogen-bond donors (Lipinski definition) is 0. The minimum Gasteiger partial charge on any atom is -0.0751 e. The Kier molecular flexibility index (Phi) is 4.36. The Morgan fingerprint density at radius 3 is 1.26 bits per heavy atom. The van der Waals surface area contributed by atoms with Crippen LogP contribution in [0, 0.1) is 0 Å². The fraction of sp³-hybridized carbons (Fsp3) is 1.00. The van der Waals surface area contributed by atoms with Gasteiger partial charge in [-0.1, -0.05) is 97.3 Å². The van der Waals surface area contributed by atoms with Crippen molar-refractivity contribution in [2.24, 2.45) is 0 Å². The molecule has 2 bridgehead atoms. The van der Waals surface area contributed by atoms with Gasteiger partial charge in [0.05, 0.1) is 0 Å². The SMILES string of the molecule is C[Si]1(C)C[Si](C)(C)[Si@@]2([Si](C)(C)C)[Si](C)(C)[Si](C)(C)[Si@]1(C)[Si]2(C)C. The minimum atomic E-state index is -1.06. The van der Waals surface area contributed by atoms with Crippen LogP contribution in [0.4, 0.5) is 0 Å². The van der Waals surface area contributed by atoms with Crippen LogP contribution in [0.5, 0.6) is 0 Å². The van der Waals surface area contributed by atoms with Gasteiger partial charge in [0.25, 0.3) is 0 Å². The monoisotopic (exact) mass is 448 g/mol. The molecule has 0 nitrogen and oxygen atoms in total. The molecule has 0 spiro atoms. The van der Waals surface area contributed by atoms with Gasteiger partial charge in [-0.3, -0.25) is 0 Å². The molecule has 0 unspecified atom stereocenters. The van der Waals surface area contributed by atoms with Crippen LogP contribution < -0.4 is 0 Å². The summed E-state index contributed by atoms with van der Waals surface area (Å²) in [4.78, 5) is 0. The molecule has 2 aliphatic rings. The van der Waals surface area contributed by atoms with Gasteiger partial charge in [-0.05, 0) is 0 Å². The van der Waals surface area contributed by atoms with Crippen molar-refractivity contribution in [3.8, 4) is 0 Å². The van der Waals surface area contributed by atoms with Crippen molar-refractivity contribution in [1.82, 2.24) is 0 Å². The van der Waals surface area contributed by atoms with Gasteiger partial charge in [0.15, 0.2) is 0 Å². The summed E-state index contributed by atoms with van der Waals surface area (Å²) in [5, 5.41) is 0. The maximum atomic E-state index is 3.06. The van der Waals surface area contributed by atoms with Gasteiger partial charge >= 0.3 is 0 Å². The summed E-state index contributed by atoms with van der Waals surface area (Å²) < 4.78 is 0. The Balaban J connectivity index is 3.12. The summed E-state index contributed by atoms with van der Waals surface area (Å²) in [6.07, 6.45) is -1.05. The minimum absolute atomic E-state index is 1.01. The van der Waals surface area contributed by atoms with E-state index in [1.807, 2.05) is 5.67 Å². The predicted molar refractivity (Wildman–Crippen MR) is 133 cm³/mol. The third-order valence-electron chi connectivity index (χ3n) is 10.3. The third-order valence-corrected chi connectivity index (χ3v) is 255. The second kappa shape index (κ2) is 4.77. The molecule has 0 aromatic rings. The van der Waals surface area contributed by atoms with Crippen LogP contribution in [0.2, 0.25) is 97.3 Å². The first kappa shape index (κ1) is 21.0. The third kappa shape index (κ3) is 1.76. The van der Waals surface area contributed by atoms with Crippen molar-refractivity contribution in [3.63, 3.8) is 0 Å². The lowest BCUT2D eigenvalue weighted by molar-refractivity contribution is 1.61. The zero-order valence-corrected chi connectivity index (χ0v) is 26.7. The molecule has 0 aromatic heterocycles. The largest absolute Gasteiger partial charge is 0.0751 e. The van der Waals surface area contributed by atoms with E-state index in [2.05, 4.69) is 91.7 Å². The van der Waals surface area contributed by atoms with E-state index < -0.39 is 56.9 Å². The molecule has 0 saturated carbocycles. The lowest BCUT2D eigenvalue weighted by Crippen LogP contribution is -2.97. The van der Waals surface area contributed by atoms with E-state index in [0.717, 1.165) is 0 Å². The fourth-order valence-corrected chi connectivity index (χ4v) is 510. The van der Waals surface area contributed by atoms with Crippen molar-refractivity contribution in [2.45, 2.75) is 97.3 Å². The summed E-state index contributed by atoms with van der Waals surface area (Å²) in [6, 6.07) is 0. The molecule has 0 amide bonds. The predicted octanol–water partition coefficient (Wildman–Crippen LogP) is 5.59. The smallest absolute Gasteiger partial charge is 0.0331 e. The molecule has 2 heterocycles. The van der Waals surface area contributed by atoms with Crippen LogP contribution in [-0.2, 0) is 0 Å². The van der Waals surface area contributed by atoms with E-state index >= 15 is 0 Å². The Bertz CT molecular complexity index is 542. The van der Waals surface area contributed by atoms with Crippen LogP contribution in [0.25, 0.3) is 0 Å². The summed E-state index contributed by atoms with van der Waals surface area (Å²) in [7, 11) is -6.25. The molecule has 2 saturated heterocycles. The van der Waals surface area contributed by atoms with Gasteiger partial charge in [-0.15, -0.1) is 0 Å². The lowest BCUT2D eigenvalue weighted by Gasteiger charge is -2.69. The van der Waals surface area contributed by atoms with Crippen molar-refractivity contribution >= 4 is 56.9 Å². The Morgan fingerprint density at radius 1 is 0.522 bits per heavy atom. The highest BCUT2D eigenvalue weighted by atomic mass is 30.5. The fourth-order valence-electron chi connectivity index (χ4n) is 10.7. The summed E-state index contributed by atoms with van der Waals surface area (Å²) in [6.45, 7) is 40.5. The number of rotatable bonds is 1. The molecule has 0 radical (unpaired) electrons. The Labute approximate surface area is 153 Å². The van der Waals surface area contributed by atoms with Crippen LogP contribution in [0.3, 0.4) is 0 Å². The average Bonchev–Trinajstić information content (AvgIpc) is 2.25. The zero-order valence-electron chi connectivity index (χ0n) is 18.7. The summed E-state index contributed by atoms with van der Waals surface area (Å²) in [5.74, 6) is 0. The van der Waals surface area contributed by atoms with Crippen molar-refractivity contribution in [1.29, 1.82) is 0 Å². The van der Waals surface area contributed by atoms with Gasteiger partial charge in [0, 0.05) is 56.9 Å². The van der Waals surface area contributed by atoms with E-state index in [0.29, 0.717) is 0 Å². The maximum Gasteiger partial charge on any atom is 0.0331 e. The topological polar surface area (TPSA) is 0 Å². The van der Waals surface area contributed by atoms with Gasteiger partial charge in [0.2, 0.25) is 0 Å². The summed E-state index contributed by atoms with van der Waals surface area (Å²) >= 11 is 0. The van der Waals surface area contributed by atoms with E-state index in [-0.39, 0.29) is 0 Å². The molecular weight excluding hydrogens is 405 g/mol. The molecule has 0 N–H and O–H groups in total. The lowest BCUT2D eigenvalue weighted by atomic mass is 11.8. The number of hydrogen-bond acceptors (Lipinski definition) is 0. The average molecular weight is 449 g/mol. The molecule has 8 heteroatoms. The highest BCUT2D eigenvalue weighted by molar-refractivity contribution is 8.35. The van der Waals surface area contributed by atoms with Crippen molar-refractivity contribution < 1.29 is 0 Å². The van der Waals surface area contributed by atoms with Crippen LogP contribution in [0.15, 0.2) is 0 Å². The molecule has 23 heavy (non-hydrogen) atoms. The Morgan fingerprint density at radius 2 is 0.913 bits per heavy atom. The molecule has 2 atom stereocenters. The van der Waals surface area contributed by atoms with Gasteiger partial charge in [-0.25, -0.2) is 0 Å². The van der Waals surface area contributed by atoms with E-state index in [4.69, 9.17) is 0 Å². The van der Waals surface area contributed by atoms with Crippen molar-refractivity contribution in [3.05, 3.63) is 0 Å². The van der Waals surface area contributed by atoms with Gasteiger partial charge in [-0.2, -0.15) is 0 Å². The normalized spacial score (nSPS) is 42.5. The first-order valence-corrected chi connectivity index (χ1v) is 41.1. The molecular formula is C15H44Si8. The van der Waals surface area contributed by atoms with Gasteiger partial charge < -0.3 is 0 Å². The quantitative estimate of drug-likeness (QED) is 0.459. The van der Waals surface area contributed by atoms with Gasteiger partial charge in [0.1, 0.15) is 0 Å². The second-order valence-corrected chi connectivity index (χ2v) is 111. The molecule has 136 valence electrons. The maximum absolute atomic E-state index is 3.06. The van der Waals surface area contributed by atoms with Crippen LogP contribution in [-0.4, -0.2) is 56.9 Å². The molecule has 0 aliphatic carbocycles. The first-order chi connectivity index (χ1) is 9.71. The van der Waals surface area contributed by atoms with E-state index in [1.54, 1.807) is 0 Å². The first-order valence-electron chi connectivity index (χ1n) is 9.71. The molecule has 0 aromatic carbocycles. The second-order valence-electron chi connectivity index (χ2n) is 12.9. The Hall–Kier alpha value is 1.74. The molecule has 2 aliphatic heterocycles. The molecule has 2 fully saturated rings. The van der Waals surface area contributed by atoms with E-state index in [1.165, 1.54) is 0 Å². The zero-order chi connectivity index (χ0) is 18.7. The highest BCUT2D eigenvalue weighted by Gasteiger charge is 2.90. The van der Waals surface area contributed by atoms with Crippen LogP contribution in [0.1, 0.15) is 0 Å². The van der Waals surface area contributed by atoms with Crippen LogP contribution >= 0.6 is 0 Å².